The summed E-state index contributed by atoms with van der Waals surface area (Å²) >= 11 is 0. The third-order valence-corrected chi connectivity index (χ3v) is 0.999. The molecule has 0 aliphatic rings. The minimum atomic E-state index is -0.218. The van der Waals surface area contributed by atoms with Crippen molar-refractivity contribution < 1.29 is 5.11 Å². The fourth-order valence-electron chi connectivity index (χ4n) is 0.614. The van der Waals surface area contributed by atoms with E-state index in [0.29, 0.717) is 0 Å². The number of hydrogen-bond acceptors (Lipinski definition) is 1. The second-order valence-electron chi connectivity index (χ2n) is 1.88. The molecule has 0 unspecified atom stereocenters. The molecule has 0 aliphatic carbocycles. The van der Waals surface area contributed by atoms with Crippen molar-refractivity contribution in [2.45, 2.75) is 32.8 Å². The van der Waals surface area contributed by atoms with Gasteiger partial charge in [0.05, 0.1) is 6.10 Å². The minimum Gasteiger partial charge on any atom is -0.389 e. The van der Waals surface area contributed by atoms with E-state index in [-0.39, 0.29) is 6.10 Å². The third kappa shape index (κ3) is 3.88. The second-order valence-corrected chi connectivity index (χ2v) is 1.88. The van der Waals surface area contributed by atoms with Gasteiger partial charge in [0.15, 0.2) is 0 Å². The van der Waals surface area contributed by atoms with Crippen LogP contribution in [0.2, 0.25) is 0 Å². The average molecular weight is 114 g/mol. The van der Waals surface area contributed by atoms with Gasteiger partial charge < -0.3 is 5.11 Å². The molecule has 0 rings (SSSR count). The van der Waals surface area contributed by atoms with E-state index in [2.05, 4.69) is 6.92 Å². The highest BCUT2D eigenvalue weighted by Crippen LogP contribution is 1.95. The van der Waals surface area contributed by atoms with Crippen molar-refractivity contribution in [3.8, 4) is 0 Å². The molecule has 0 aromatic rings. The number of hydrogen-bond donors (Lipinski definition) is 1. The Morgan fingerprint density at radius 2 is 2.25 bits per heavy atom. The van der Waals surface area contributed by atoms with E-state index in [1.165, 1.54) is 0 Å². The topological polar surface area (TPSA) is 20.2 Å². The maximum atomic E-state index is 8.96. The summed E-state index contributed by atoms with van der Waals surface area (Å²) in [5.74, 6) is 0. The highest BCUT2D eigenvalue weighted by molar-refractivity contribution is 4.84. The van der Waals surface area contributed by atoms with Crippen molar-refractivity contribution in [2.75, 3.05) is 0 Å². The lowest BCUT2D eigenvalue weighted by Gasteiger charge is -1.99. The molecule has 1 N–H and O–H groups in total. The number of aliphatic hydroxyl groups is 1. The van der Waals surface area contributed by atoms with Crippen LogP contribution in [0.3, 0.4) is 0 Å². The largest absolute Gasteiger partial charge is 0.389 e. The van der Waals surface area contributed by atoms with E-state index >= 15 is 0 Å². The highest BCUT2D eigenvalue weighted by Gasteiger charge is 1.92. The summed E-state index contributed by atoms with van der Waals surface area (Å²) in [6.07, 6.45) is 5.39. The molecule has 48 valence electrons. The summed E-state index contributed by atoms with van der Waals surface area (Å²) in [7, 11) is 0. The number of allylic oxidation sites excluding steroid dienone is 1. The average Bonchev–Trinajstić information content (AvgIpc) is 1.68. The Morgan fingerprint density at radius 3 is 2.62 bits per heavy atom. The zero-order valence-corrected chi connectivity index (χ0v) is 5.59. The zero-order chi connectivity index (χ0) is 6.41. The minimum absolute atomic E-state index is 0.218. The fraction of sp³-hybridized carbons (Fsp3) is 0.714. The maximum absolute atomic E-state index is 8.96. The summed E-state index contributed by atoms with van der Waals surface area (Å²) in [5.41, 5.74) is 0. The van der Waals surface area contributed by atoms with Crippen LogP contribution in [0.5, 0.6) is 0 Å². The molecule has 0 spiro atoms. The van der Waals surface area contributed by atoms with E-state index in [9.17, 15) is 0 Å². The Morgan fingerprint density at radius 1 is 1.62 bits per heavy atom. The molecule has 0 fully saturated rings. The van der Waals surface area contributed by atoms with Gasteiger partial charge in [-0.3, -0.25) is 0 Å². The monoisotopic (exact) mass is 114 g/mol. The number of rotatable bonds is 3. The van der Waals surface area contributed by atoms with Crippen molar-refractivity contribution in [3.05, 3.63) is 12.2 Å². The first-order chi connectivity index (χ1) is 3.81. The Kier molecular flexibility index (Phi) is 4.67. The first-order valence-corrected chi connectivity index (χ1v) is 3.12. The zero-order valence-electron chi connectivity index (χ0n) is 5.59. The van der Waals surface area contributed by atoms with Gasteiger partial charge in [0, 0.05) is 0 Å². The summed E-state index contributed by atoms with van der Waals surface area (Å²) in [6, 6.07) is 0. The molecule has 0 saturated heterocycles. The van der Waals surface area contributed by atoms with E-state index < -0.39 is 0 Å². The molecule has 0 aromatic carbocycles. The first-order valence-electron chi connectivity index (χ1n) is 3.12. The molecule has 0 aromatic heterocycles. The third-order valence-electron chi connectivity index (χ3n) is 0.999. The van der Waals surface area contributed by atoms with Gasteiger partial charge in [0.1, 0.15) is 0 Å². The van der Waals surface area contributed by atoms with Crippen molar-refractivity contribution in [1.29, 1.82) is 0 Å². The Balaban J connectivity index is 3.17. The first kappa shape index (κ1) is 7.70. The molecule has 0 heterocycles. The van der Waals surface area contributed by atoms with Crippen LogP contribution < -0.4 is 0 Å². The van der Waals surface area contributed by atoms with Crippen molar-refractivity contribution in [3.63, 3.8) is 0 Å². The van der Waals surface area contributed by atoms with Gasteiger partial charge in [-0.25, -0.2) is 0 Å². The van der Waals surface area contributed by atoms with E-state index in [1.54, 1.807) is 0 Å². The Bertz CT molecular complexity index is 66.8. The summed E-state index contributed by atoms with van der Waals surface area (Å²) < 4.78 is 0. The fourth-order valence-corrected chi connectivity index (χ4v) is 0.614. The lowest BCUT2D eigenvalue weighted by Crippen LogP contribution is -1.99. The van der Waals surface area contributed by atoms with Gasteiger partial charge in [-0.2, -0.15) is 0 Å². The van der Waals surface area contributed by atoms with Crippen molar-refractivity contribution in [1.82, 2.24) is 0 Å². The molecule has 0 radical (unpaired) electrons. The molecular weight excluding hydrogens is 100 g/mol. The summed E-state index contributed by atoms with van der Waals surface area (Å²) in [6.45, 7) is 3.98. The lowest BCUT2D eigenvalue weighted by atomic mass is 10.2. The molecule has 8 heavy (non-hydrogen) atoms. The van der Waals surface area contributed by atoms with Gasteiger partial charge >= 0.3 is 0 Å². The Labute approximate surface area is 51.0 Å². The summed E-state index contributed by atoms with van der Waals surface area (Å²) in [5, 5.41) is 8.96. The normalized spacial score (nSPS) is 14.9. The van der Waals surface area contributed by atoms with Crippen molar-refractivity contribution in [2.24, 2.45) is 0 Å². The molecule has 1 atom stereocenters. The molecule has 1 nitrogen and oxygen atoms in total. The highest BCUT2D eigenvalue weighted by atomic mass is 16.3. The number of aliphatic hydroxyl groups excluding tert-OH is 1. The predicted molar refractivity (Wildman–Crippen MR) is 35.7 cm³/mol. The SMILES string of the molecule is C/C=C/[C@H](O)CCC. The quantitative estimate of drug-likeness (QED) is 0.554. The van der Waals surface area contributed by atoms with E-state index in [0.717, 1.165) is 12.8 Å². The lowest BCUT2D eigenvalue weighted by molar-refractivity contribution is 0.211. The Hall–Kier alpha value is -0.300. The molecule has 0 amide bonds. The molecular formula is C7H14O. The predicted octanol–water partition coefficient (Wildman–Crippen LogP) is 1.72. The van der Waals surface area contributed by atoms with E-state index in [1.807, 2.05) is 19.1 Å². The van der Waals surface area contributed by atoms with Crippen LogP contribution >= 0.6 is 0 Å². The van der Waals surface area contributed by atoms with Gasteiger partial charge in [-0.05, 0) is 13.3 Å². The van der Waals surface area contributed by atoms with Crippen LogP contribution in [0.25, 0.3) is 0 Å². The van der Waals surface area contributed by atoms with Crippen LogP contribution in [0.15, 0.2) is 12.2 Å². The van der Waals surface area contributed by atoms with Crippen LogP contribution in [0.4, 0.5) is 0 Å². The molecule has 0 saturated carbocycles. The van der Waals surface area contributed by atoms with Gasteiger partial charge in [-0.15, -0.1) is 0 Å². The summed E-state index contributed by atoms with van der Waals surface area (Å²) in [4.78, 5) is 0. The molecule has 1 heteroatoms. The van der Waals surface area contributed by atoms with Crippen molar-refractivity contribution >= 4 is 0 Å². The smallest absolute Gasteiger partial charge is 0.0720 e. The molecule has 0 aliphatic heterocycles. The van der Waals surface area contributed by atoms with Gasteiger partial charge in [-0.1, -0.05) is 25.5 Å². The van der Waals surface area contributed by atoms with Gasteiger partial charge in [0.25, 0.3) is 0 Å². The van der Waals surface area contributed by atoms with Crippen LogP contribution in [-0.4, -0.2) is 11.2 Å². The maximum Gasteiger partial charge on any atom is 0.0720 e. The standard InChI is InChI=1S/C7H14O/c1-3-5-7(8)6-4-2/h3,5,7-8H,4,6H2,1-2H3/b5-3+/t7-/m0/s1. The second kappa shape index (κ2) is 4.85. The van der Waals surface area contributed by atoms with Crippen LogP contribution in [-0.2, 0) is 0 Å². The molecule has 0 bridgehead atoms. The van der Waals surface area contributed by atoms with E-state index in [4.69, 9.17) is 5.11 Å². The van der Waals surface area contributed by atoms with Crippen LogP contribution in [0.1, 0.15) is 26.7 Å². The van der Waals surface area contributed by atoms with Crippen LogP contribution in [0, 0.1) is 0 Å². The van der Waals surface area contributed by atoms with Gasteiger partial charge in [0.2, 0.25) is 0 Å².